The molecule has 0 aliphatic rings. The Labute approximate surface area is 73.7 Å². The van der Waals surface area contributed by atoms with E-state index < -0.39 is 0 Å². The Kier molecular flexibility index (Phi) is 11.1. The Morgan fingerprint density at radius 2 is 1.67 bits per heavy atom. The molecule has 0 aromatic carbocycles. The standard InChI is InChI=1S/C3H6N4O.2C2H6/c1-7-3(8-2)4-5-6-7;2*1-2/h1-2H3;2*1-2H3. The van der Waals surface area contributed by atoms with Crippen LogP contribution in [-0.2, 0) is 7.05 Å². The molecule has 1 aromatic heterocycles. The van der Waals surface area contributed by atoms with E-state index in [4.69, 9.17) is 4.74 Å². The minimum Gasteiger partial charge on any atom is -0.466 e. The zero-order chi connectivity index (χ0) is 9.98. The highest BCUT2D eigenvalue weighted by molar-refractivity contribution is 4.83. The number of aromatic nitrogens is 4. The maximum atomic E-state index is 4.71. The SMILES string of the molecule is CC.CC.COc1nnnn1C. The quantitative estimate of drug-likeness (QED) is 0.643. The molecule has 72 valence electrons. The number of ether oxygens (including phenoxy) is 1. The monoisotopic (exact) mass is 174 g/mol. The lowest BCUT2D eigenvalue weighted by Gasteiger charge is -1.90. The van der Waals surface area contributed by atoms with Crippen molar-refractivity contribution in [2.24, 2.45) is 7.05 Å². The summed E-state index contributed by atoms with van der Waals surface area (Å²) in [5.74, 6) is 0. The van der Waals surface area contributed by atoms with Gasteiger partial charge in [-0.3, -0.25) is 0 Å². The van der Waals surface area contributed by atoms with Crippen LogP contribution in [0.3, 0.4) is 0 Å². The fraction of sp³-hybridized carbons (Fsp3) is 0.857. The predicted molar refractivity (Wildman–Crippen MR) is 48.0 cm³/mol. The maximum absolute atomic E-state index is 4.71. The second kappa shape index (κ2) is 9.87. The normalized spacial score (nSPS) is 7.17. The van der Waals surface area contributed by atoms with Gasteiger partial charge in [-0.15, -0.1) is 0 Å². The van der Waals surface area contributed by atoms with E-state index in [1.807, 2.05) is 27.7 Å². The smallest absolute Gasteiger partial charge is 0.334 e. The average Bonchev–Trinajstić information content (AvgIpc) is 2.58. The van der Waals surface area contributed by atoms with Crippen molar-refractivity contribution in [3.8, 4) is 6.01 Å². The van der Waals surface area contributed by atoms with Crippen molar-refractivity contribution in [2.45, 2.75) is 27.7 Å². The van der Waals surface area contributed by atoms with E-state index in [2.05, 4.69) is 15.5 Å². The summed E-state index contributed by atoms with van der Waals surface area (Å²) in [5, 5.41) is 10.4. The number of hydrogen-bond donors (Lipinski definition) is 0. The molecule has 5 nitrogen and oxygen atoms in total. The summed E-state index contributed by atoms with van der Waals surface area (Å²) < 4.78 is 6.16. The Morgan fingerprint density at radius 1 is 1.17 bits per heavy atom. The first-order chi connectivity index (χ1) is 5.84. The maximum Gasteiger partial charge on any atom is 0.334 e. The molecular weight excluding hydrogens is 156 g/mol. The summed E-state index contributed by atoms with van der Waals surface area (Å²) in [4.78, 5) is 0. The Balaban J connectivity index is 0. The van der Waals surface area contributed by atoms with Gasteiger partial charge in [0, 0.05) is 7.05 Å². The third kappa shape index (κ3) is 4.65. The van der Waals surface area contributed by atoms with Gasteiger partial charge in [-0.1, -0.05) is 32.8 Å². The number of tetrazole rings is 1. The molecule has 1 rings (SSSR count). The van der Waals surface area contributed by atoms with Crippen LogP contribution in [-0.4, -0.2) is 27.3 Å². The van der Waals surface area contributed by atoms with Crippen molar-refractivity contribution < 1.29 is 4.74 Å². The molecule has 0 bridgehead atoms. The van der Waals surface area contributed by atoms with E-state index in [1.54, 1.807) is 7.05 Å². The van der Waals surface area contributed by atoms with E-state index in [-0.39, 0.29) is 0 Å². The van der Waals surface area contributed by atoms with Crippen LogP contribution < -0.4 is 4.74 Å². The molecule has 0 aliphatic carbocycles. The zero-order valence-corrected chi connectivity index (χ0v) is 8.70. The fourth-order valence-electron chi connectivity index (χ4n) is 0.394. The second-order valence-electron chi connectivity index (χ2n) is 1.29. The first kappa shape index (κ1) is 13.5. The van der Waals surface area contributed by atoms with Crippen LogP contribution in [0.2, 0.25) is 0 Å². The third-order valence-electron chi connectivity index (χ3n) is 0.764. The molecule has 0 N–H and O–H groups in total. The van der Waals surface area contributed by atoms with Crippen molar-refractivity contribution in [3.63, 3.8) is 0 Å². The van der Waals surface area contributed by atoms with Crippen LogP contribution in [0.25, 0.3) is 0 Å². The van der Waals surface area contributed by atoms with Crippen LogP contribution in [0.4, 0.5) is 0 Å². The lowest BCUT2D eigenvalue weighted by molar-refractivity contribution is 0.359. The van der Waals surface area contributed by atoms with Gasteiger partial charge in [0.1, 0.15) is 0 Å². The minimum absolute atomic E-state index is 0.421. The topological polar surface area (TPSA) is 52.8 Å². The molecule has 12 heavy (non-hydrogen) atoms. The zero-order valence-electron chi connectivity index (χ0n) is 8.70. The average molecular weight is 174 g/mol. The summed E-state index contributed by atoms with van der Waals surface area (Å²) in [5.41, 5.74) is 0. The van der Waals surface area contributed by atoms with E-state index in [9.17, 15) is 0 Å². The molecular formula is C7H18N4O. The van der Waals surface area contributed by atoms with Gasteiger partial charge in [0.05, 0.1) is 7.11 Å². The molecule has 1 aromatic rings. The van der Waals surface area contributed by atoms with Gasteiger partial charge in [0.15, 0.2) is 0 Å². The summed E-state index contributed by atoms with van der Waals surface area (Å²) in [7, 11) is 3.23. The number of methoxy groups -OCH3 is 1. The van der Waals surface area contributed by atoms with Crippen molar-refractivity contribution >= 4 is 0 Å². The first-order valence-corrected chi connectivity index (χ1v) is 4.11. The molecule has 0 fully saturated rings. The summed E-state index contributed by atoms with van der Waals surface area (Å²) in [6.45, 7) is 8.00. The van der Waals surface area contributed by atoms with Crippen LogP contribution in [0.15, 0.2) is 0 Å². The highest BCUT2D eigenvalue weighted by Gasteiger charge is 1.95. The number of rotatable bonds is 1. The Morgan fingerprint density at radius 3 is 1.83 bits per heavy atom. The molecule has 0 spiro atoms. The van der Waals surface area contributed by atoms with E-state index in [0.29, 0.717) is 6.01 Å². The molecule has 5 heteroatoms. The van der Waals surface area contributed by atoms with Crippen molar-refractivity contribution in [3.05, 3.63) is 0 Å². The van der Waals surface area contributed by atoms with E-state index >= 15 is 0 Å². The first-order valence-electron chi connectivity index (χ1n) is 4.11. The van der Waals surface area contributed by atoms with Crippen molar-refractivity contribution in [1.29, 1.82) is 0 Å². The molecule has 0 radical (unpaired) electrons. The molecule has 0 amide bonds. The van der Waals surface area contributed by atoms with Crippen molar-refractivity contribution in [2.75, 3.05) is 7.11 Å². The molecule has 0 unspecified atom stereocenters. The molecule has 0 saturated heterocycles. The van der Waals surface area contributed by atoms with Gasteiger partial charge >= 0.3 is 6.01 Å². The highest BCUT2D eigenvalue weighted by Crippen LogP contribution is 1.94. The third-order valence-corrected chi connectivity index (χ3v) is 0.764. The largest absolute Gasteiger partial charge is 0.466 e. The molecule has 0 aliphatic heterocycles. The molecule has 0 saturated carbocycles. The van der Waals surface area contributed by atoms with Gasteiger partial charge in [0.25, 0.3) is 0 Å². The van der Waals surface area contributed by atoms with E-state index in [0.717, 1.165) is 0 Å². The summed E-state index contributed by atoms with van der Waals surface area (Å²) in [6.07, 6.45) is 0. The van der Waals surface area contributed by atoms with E-state index in [1.165, 1.54) is 11.8 Å². The molecule has 0 atom stereocenters. The van der Waals surface area contributed by atoms with Crippen molar-refractivity contribution in [1.82, 2.24) is 20.2 Å². The Hall–Kier alpha value is -1.13. The Bertz CT molecular complexity index is 176. The van der Waals surface area contributed by atoms with Gasteiger partial charge in [-0.2, -0.15) is 4.68 Å². The summed E-state index contributed by atoms with van der Waals surface area (Å²) >= 11 is 0. The molecule has 1 heterocycles. The van der Waals surface area contributed by atoms with Gasteiger partial charge in [-0.05, 0) is 10.4 Å². The number of nitrogens with zero attached hydrogens (tertiary/aromatic N) is 4. The predicted octanol–water partition coefficient (Wildman–Crippen LogP) is 1.27. The lowest BCUT2D eigenvalue weighted by atomic mass is 11.0. The second-order valence-corrected chi connectivity index (χ2v) is 1.29. The fourth-order valence-corrected chi connectivity index (χ4v) is 0.394. The number of hydrogen-bond acceptors (Lipinski definition) is 4. The van der Waals surface area contributed by atoms with Gasteiger partial charge in [0.2, 0.25) is 0 Å². The van der Waals surface area contributed by atoms with Gasteiger partial charge < -0.3 is 4.74 Å². The summed E-state index contributed by atoms with van der Waals surface area (Å²) in [6, 6.07) is 0.421. The lowest BCUT2D eigenvalue weighted by Crippen LogP contribution is -1.95. The van der Waals surface area contributed by atoms with Crippen LogP contribution >= 0.6 is 0 Å². The highest BCUT2D eigenvalue weighted by atomic mass is 16.5. The number of aryl methyl sites for hydroxylation is 1. The van der Waals surface area contributed by atoms with Crippen LogP contribution in [0.1, 0.15) is 27.7 Å². The van der Waals surface area contributed by atoms with Crippen LogP contribution in [0, 0.1) is 0 Å². The van der Waals surface area contributed by atoms with Gasteiger partial charge in [-0.25, -0.2) is 0 Å². The minimum atomic E-state index is 0.421. The van der Waals surface area contributed by atoms with Crippen LogP contribution in [0.5, 0.6) is 6.01 Å².